The number of carboxylic acids is 1. The van der Waals surface area contributed by atoms with Gasteiger partial charge in [0.25, 0.3) is 0 Å². The molecule has 0 aliphatic carbocycles. The van der Waals surface area contributed by atoms with Gasteiger partial charge in [0.15, 0.2) is 0 Å². The van der Waals surface area contributed by atoms with Crippen molar-refractivity contribution in [2.24, 2.45) is 5.92 Å². The predicted octanol–water partition coefficient (Wildman–Crippen LogP) is 2.41. The van der Waals surface area contributed by atoms with Crippen molar-refractivity contribution >= 4 is 18.0 Å². The molecule has 1 aliphatic heterocycles. The highest BCUT2D eigenvalue weighted by Crippen LogP contribution is 2.21. The molecule has 1 aromatic carbocycles. The first kappa shape index (κ1) is 14.3. The van der Waals surface area contributed by atoms with Gasteiger partial charge in [-0.2, -0.15) is 0 Å². The molecule has 0 spiro atoms. The summed E-state index contributed by atoms with van der Waals surface area (Å²) in [5, 5.41) is 8.67. The average Bonchev–Trinajstić information content (AvgIpc) is 2.92. The number of carboxylic acid groups (broad SMARTS) is 1. The number of nitrogens with zero attached hydrogens (tertiary/aromatic N) is 1. The Balaban J connectivity index is 1.82. The van der Waals surface area contributed by atoms with Crippen LogP contribution in [0.5, 0.6) is 0 Å². The molecule has 4 nitrogen and oxygen atoms in total. The van der Waals surface area contributed by atoms with E-state index in [9.17, 15) is 9.59 Å². The fourth-order valence-electron chi connectivity index (χ4n) is 2.43. The summed E-state index contributed by atoms with van der Waals surface area (Å²) in [6.45, 7) is 1.40. The number of hydrogen-bond donors (Lipinski definition) is 1. The lowest BCUT2D eigenvalue weighted by Crippen LogP contribution is -2.26. The second-order valence-corrected chi connectivity index (χ2v) is 5.12. The van der Waals surface area contributed by atoms with Crippen molar-refractivity contribution in [3.05, 3.63) is 42.0 Å². The molecule has 1 fully saturated rings. The zero-order valence-electron chi connectivity index (χ0n) is 11.4. The van der Waals surface area contributed by atoms with Crippen molar-refractivity contribution in [2.45, 2.75) is 19.3 Å². The number of amides is 1. The summed E-state index contributed by atoms with van der Waals surface area (Å²) in [7, 11) is 0. The summed E-state index contributed by atoms with van der Waals surface area (Å²) in [6.07, 6.45) is 5.15. The monoisotopic (exact) mass is 273 g/mol. The Labute approximate surface area is 118 Å². The minimum atomic E-state index is -0.765. The van der Waals surface area contributed by atoms with Gasteiger partial charge < -0.3 is 10.0 Å². The number of carbonyl (C=O) groups excluding carboxylic acids is 1. The molecule has 1 aliphatic rings. The average molecular weight is 273 g/mol. The van der Waals surface area contributed by atoms with Gasteiger partial charge >= 0.3 is 5.97 Å². The van der Waals surface area contributed by atoms with Gasteiger partial charge in [0.2, 0.25) is 5.91 Å². The van der Waals surface area contributed by atoms with Gasteiger partial charge in [0.05, 0.1) is 0 Å². The molecule has 0 radical (unpaired) electrons. The lowest BCUT2D eigenvalue weighted by Gasteiger charge is -2.13. The van der Waals surface area contributed by atoms with Crippen LogP contribution in [-0.2, 0) is 9.59 Å². The van der Waals surface area contributed by atoms with Crippen molar-refractivity contribution in [3.8, 4) is 0 Å². The summed E-state index contributed by atoms with van der Waals surface area (Å²) in [6, 6.07) is 9.70. The normalized spacial score (nSPS) is 18.6. The summed E-state index contributed by atoms with van der Waals surface area (Å²) >= 11 is 0. The molecular formula is C16H19NO3. The second-order valence-electron chi connectivity index (χ2n) is 5.12. The van der Waals surface area contributed by atoms with Crippen LogP contribution in [0.1, 0.15) is 24.8 Å². The molecule has 4 heteroatoms. The van der Waals surface area contributed by atoms with E-state index in [2.05, 4.69) is 0 Å². The summed E-state index contributed by atoms with van der Waals surface area (Å²) < 4.78 is 0. The van der Waals surface area contributed by atoms with Crippen molar-refractivity contribution < 1.29 is 14.7 Å². The number of aliphatic carboxylic acids is 1. The third kappa shape index (κ3) is 4.23. The van der Waals surface area contributed by atoms with E-state index in [-0.39, 0.29) is 12.3 Å². The highest BCUT2D eigenvalue weighted by Gasteiger charge is 2.25. The topological polar surface area (TPSA) is 57.6 Å². The van der Waals surface area contributed by atoms with E-state index in [1.54, 1.807) is 11.0 Å². The van der Waals surface area contributed by atoms with E-state index in [1.165, 1.54) is 0 Å². The molecule has 1 saturated heterocycles. The van der Waals surface area contributed by atoms with Crippen LogP contribution in [0, 0.1) is 5.92 Å². The Morgan fingerprint density at radius 2 is 2.05 bits per heavy atom. The quantitative estimate of drug-likeness (QED) is 0.838. The molecule has 1 unspecified atom stereocenters. The van der Waals surface area contributed by atoms with Crippen LogP contribution in [0.2, 0.25) is 0 Å². The largest absolute Gasteiger partial charge is 0.481 e. The van der Waals surface area contributed by atoms with E-state index >= 15 is 0 Å². The van der Waals surface area contributed by atoms with Gasteiger partial charge in [-0.05, 0) is 30.4 Å². The Bertz CT molecular complexity index is 496. The van der Waals surface area contributed by atoms with Crippen molar-refractivity contribution in [2.75, 3.05) is 13.1 Å². The molecule has 0 bridgehead atoms. The van der Waals surface area contributed by atoms with Gasteiger partial charge in [-0.3, -0.25) is 9.59 Å². The smallest absolute Gasteiger partial charge is 0.303 e. The molecule has 20 heavy (non-hydrogen) atoms. The fraction of sp³-hybridized carbons (Fsp3) is 0.375. The molecule has 1 heterocycles. The standard InChI is InChI=1S/C16H19NO3/c18-15(8-6-13-4-2-1-3-5-13)17-11-10-14(12-17)7-9-16(19)20/h1-6,8,14H,7,9-12H2,(H,19,20)/b8-6+. The Kier molecular flexibility index (Phi) is 4.93. The minimum Gasteiger partial charge on any atom is -0.481 e. The van der Waals surface area contributed by atoms with Crippen molar-refractivity contribution in [3.63, 3.8) is 0 Å². The highest BCUT2D eigenvalue weighted by molar-refractivity contribution is 5.91. The lowest BCUT2D eigenvalue weighted by atomic mass is 10.0. The predicted molar refractivity (Wildman–Crippen MR) is 77.0 cm³/mol. The van der Waals surface area contributed by atoms with Crippen LogP contribution in [-0.4, -0.2) is 35.0 Å². The first-order chi connectivity index (χ1) is 9.65. The summed E-state index contributed by atoms with van der Waals surface area (Å²) in [4.78, 5) is 24.4. The molecule has 1 N–H and O–H groups in total. The molecule has 1 aromatic rings. The first-order valence-corrected chi connectivity index (χ1v) is 6.89. The van der Waals surface area contributed by atoms with E-state index in [4.69, 9.17) is 5.11 Å². The first-order valence-electron chi connectivity index (χ1n) is 6.89. The maximum atomic E-state index is 12.0. The van der Waals surface area contributed by atoms with Crippen LogP contribution < -0.4 is 0 Å². The molecule has 1 amide bonds. The molecule has 106 valence electrons. The van der Waals surface area contributed by atoms with Crippen LogP contribution in [0.15, 0.2) is 36.4 Å². The Morgan fingerprint density at radius 3 is 2.75 bits per heavy atom. The van der Waals surface area contributed by atoms with Gasteiger partial charge in [0, 0.05) is 25.6 Å². The molecule has 0 saturated carbocycles. The Hall–Kier alpha value is -2.10. The zero-order chi connectivity index (χ0) is 14.4. The van der Waals surface area contributed by atoms with Crippen LogP contribution in [0.25, 0.3) is 6.08 Å². The van der Waals surface area contributed by atoms with Crippen LogP contribution in [0.3, 0.4) is 0 Å². The summed E-state index contributed by atoms with van der Waals surface area (Å²) in [5.74, 6) is -0.439. The number of hydrogen-bond acceptors (Lipinski definition) is 2. The number of rotatable bonds is 5. The minimum absolute atomic E-state index is 0.00618. The van der Waals surface area contributed by atoms with Gasteiger partial charge in [-0.25, -0.2) is 0 Å². The number of benzene rings is 1. The van der Waals surface area contributed by atoms with Gasteiger partial charge in [0.1, 0.15) is 0 Å². The van der Waals surface area contributed by atoms with E-state index in [0.717, 1.165) is 18.5 Å². The van der Waals surface area contributed by atoms with E-state index in [1.807, 2.05) is 36.4 Å². The second kappa shape index (κ2) is 6.89. The van der Waals surface area contributed by atoms with E-state index in [0.29, 0.717) is 18.9 Å². The molecular weight excluding hydrogens is 254 g/mol. The molecule has 0 aromatic heterocycles. The van der Waals surface area contributed by atoms with E-state index < -0.39 is 5.97 Å². The number of carbonyl (C=O) groups is 2. The highest BCUT2D eigenvalue weighted by atomic mass is 16.4. The van der Waals surface area contributed by atoms with Crippen molar-refractivity contribution in [1.82, 2.24) is 4.90 Å². The number of likely N-dealkylation sites (tertiary alicyclic amines) is 1. The fourth-order valence-corrected chi connectivity index (χ4v) is 2.43. The van der Waals surface area contributed by atoms with Crippen LogP contribution >= 0.6 is 0 Å². The molecule has 1 atom stereocenters. The van der Waals surface area contributed by atoms with Gasteiger partial charge in [-0.15, -0.1) is 0 Å². The maximum Gasteiger partial charge on any atom is 0.303 e. The van der Waals surface area contributed by atoms with Gasteiger partial charge in [-0.1, -0.05) is 30.3 Å². The summed E-state index contributed by atoms with van der Waals surface area (Å²) in [5.41, 5.74) is 1.00. The van der Waals surface area contributed by atoms with Crippen molar-refractivity contribution in [1.29, 1.82) is 0 Å². The van der Waals surface area contributed by atoms with Crippen LogP contribution in [0.4, 0.5) is 0 Å². The third-order valence-electron chi connectivity index (χ3n) is 3.58. The SMILES string of the molecule is O=C(O)CCC1CCN(C(=O)/C=C/c2ccccc2)C1. The zero-order valence-corrected chi connectivity index (χ0v) is 11.4. The lowest BCUT2D eigenvalue weighted by molar-refractivity contribution is -0.137. The maximum absolute atomic E-state index is 12.0. The molecule has 2 rings (SSSR count). The third-order valence-corrected chi connectivity index (χ3v) is 3.58. The Morgan fingerprint density at radius 1 is 1.30 bits per heavy atom.